The summed E-state index contributed by atoms with van der Waals surface area (Å²) in [5.41, 5.74) is 9.33. The van der Waals surface area contributed by atoms with Crippen molar-refractivity contribution in [2.75, 3.05) is 13.2 Å². The molecule has 3 N–H and O–H groups in total. The summed E-state index contributed by atoms with van der Waals surface area (Å²) in [4.78, 5) is 4.23. The molecule has 1 aliphatic heterocycles. The minimum Gasteiger partial charge on any atom is -0.508 e. The molecule has 0 spiro atoms. The summed E-state index contributed by atoms with van der Waals surface area (Å²) in [5.74, 6) is 0.601. The van der Waals surface area contributed by atoms with E-state index in [0.717, 1.165) is 30.0 Å². The van der Waals surface area contributed by atoms with Crippen molar-refractivity contribution in [3.8, 4) is 11.4 Å². The van der Waals surface area contributed by atoms with Crippen LogP contribution in [0.15, 0.2) is 30.7 Å². The van der Waals surface area contributed by atoms with Crippen molar-refractivity contribution >= 4 is 0 Å². The summed E-state index contributed by atoms with van der Waals surface area (Å²) in [5, 5.41) is 9.52. The zero-order valence-electron chi connectivity index (χ0n) is 11.5. The highest BCUT2D eigenvalue weighted by molar-refractivity contribution is 5.45. The van der Waals surface area contributed by atoms with Gasteiger partial charge in [-0.15, -0.1) is 0 Å². The molecule has 2 heterocycles. The van der Waals surface area contributed by atoms with Crippen molar-refractivity contribution in [2.24, 2.45) is 11.7 Å². The lowest BCUT2D eigenvalue weighted by atomic mass is 9.97. The van der Waals surface area contributed by atoms with Crippen LogP contribution in [0.4, 0.5) is 0 Å². The number of aryl methyl sites for hydroxylation is 1. The molecule has 2 aromatic rings. The van der Waals surface area contributed by atoms with Crippen LogP contribution in [-0.2, 0) is 4.74 Å². The lowest BCUT2D eigenvalue weighted by molar-refractivity contribution is 0.180. The van der Waals surface area contributed by atoms with Gasteiger partial charge in [0.25, 0.3) is 0 Å². The maximum atomic E-state index is 9.52. The first-order chi connectivity index (χ1) is 9.66. The number of ether oxygens (including phenoxy) is 1. The van der Waals surface area contributed by atoms with Gasteiger partial charge in [0, 0.05) is 12.5 Å². The van der Waals surface area contributed by atoms with Gasteiger partial charge in [-0.2, -0.15) is 0 Å². The Morgan fingerprint density at radius 1 is 1.50 bits per heavy atom. The second-order valence-electron chi connectivity index (χ2n) is 5.31. The highest BCUT2D eigenvalue weighted by atomic mass is 16.5. The van der Waals surface area contributed by atoms with E-state index in [1.165, 1.54) is 0 Å². The Labute approximate surface area is 118 Å². The average molecular weight is 273 g/mol. The van der Waals surface area contributed by atoms with E-state index >= 15 is 0 Å². The van der Waals surface area contributed by atoms with E-state index in [0.29, 0.717) is 12.5 Å². The molecule has 2 unspecified atom stereocenters. The van der Waals surface area contributed by atoms with Gasteiger partial charge in [0.2, 0.25) is 0 Å². The van der Waals surface area contributed by atoms with Gasteiger partial charge in [-0.1, -0.05) is 0 Å². The monoisotopic (exact) mass is 273 g/mol. The molecule has 0 amide bonds. The fourth-order valence-electron chi connectivity index (χ4n) is 2.74. The highest BCUT2D eigenvalue weighted by Gasteiger charge is 2.26. The highest BCUT2D eigenvalue weighted by Crippen LogP contribution is 2.29. The van der Waals surface area contributed by atoms with Gasteiger partial charge in [0.15, 0.2) is 0 Å². The number of imidazole rings is 1. The number of aromatic hydroxyl groups is 1. The molecule has 0 aliphatic carbocycles. The Kier molecular flexibility index (Phi) is 3.46. The summed E-state index contributed by atoms with van der Waals surface area (Å²) in [6.07, 6.45) is 4.57. The molecule has 106 valence electrons. The van der Waals surface area contributed by atoms with Crippen molar-refractivity contribution in [1.82, 2.24) is 9.55 Å². The van der Waals surface area contributed by atoms with Crippen LogP contribution in [0.3, 0.4) is 0 Å². The second kappa shape index (κ2) is 5.26. The SMILES string of the molecule is Cc1cc(O)ccc1-n1cncc1C(N)C1CCOC1. The number of rotatable bonds is 3. The molecule has 2 atom stereocenters. The van der Waals surface area contributed by atoms with E-state index in [2.05, 4.69) is 4.98 Å². The second-order valence-corrected chi connectivity index (χ2v) is 5.31. The molecule has 5 heteroatoms. The van der Waals surface area contributed by atoms with Crippen LogP contribution in [0.2, 0.25) is 0 Å². The van der Waals surface area contributed by atoms with Gasteiger partial charge in [0.05, 0.1) is 36.6 Å². The van der Waals surface area contributed by atoms with Crippen molar-refractivity contribution in [1.29, 1.82) is 0 Å². The van der Waals surface area contributed by atoms with Gasteiger partial charge in [0.1, 0.15) is 5.75 Å². The largest absolute Gasteiger partial charge is 0.508 e. The number of benzene rings is 1. The minimum absolute atomic E-state index is 0.0896. The van der Waals surface area contributed by atoms with E-state index in [-0.39, 0.29) is 11.8 Å². The Balaban J connectivity index is 1.97. The standard InChI is InChI=1S/C15H19N3O2/c1-10-6-12(19)2-3-13(10)18-9-17-7-14(18)15(16)11-4-5-20-8-11/h2-3,6-7,9,11,15,19H,4-5,8,16H2,1H3. The van der Waals surface area contributed by atoms with E-state index in [9.17, 15) is 5.11 Å². The third-order valence-corrected chi connectivity index (χ3v) is 3.92. The quantitative estimate of drug-likeness (QED) is 0.896. The Bertz CT molecular complexity index is 603. The number of phenolic OH excluding ortho intramolecular Hbond substituents is 1. The lowest BCUT2D eigenvalue weighted by Gasteiger charge is -2.20. The topological polar surface area (TPSA) is 73.3 Å². The summed E-state index contributed by atoms with van der Waals surface area (Å²) in [6.45, 7) is 3.45. The molecule has 1 aromatic carbocycles. The molecule has 0 saturated carbocycles. The van der Waals surface area contributed by atoms with Crippen LogP contribution < -0.4 is 5.73 Å². The van der Waals surface area contributed by atoms with Crippen LogP contribution in [-0.4, -0.2) is 27.9 Å². The first kappa shape index (κ1) is 13.1. The van der Waals surface area contributed by atoms with Crippen LogP contribution in [0.1, 0.15) is 23.7 Å². The predicted molar refractivity (Wildman–Crippen MR) is 75.8 cm³/mol. The zero-order chi connectivity index (χ0) is 14.1. The van der Waals surface area contributed by atoms with E-state index in [1.807, 2.05) is 23.8 Å². The molecule has 1 fully saturated rings. The van der Waals surface area contributed by atoms with E-state index in [4.69, 9.17) is 10.5 Å². The van der Waals surface area contributed by atoms with Gasteiger partial charge in [-0.25, -0.2) is 4.98 Å². The molecule has 5 nitrogen and oxygen atoms in total. The van der Waals surface area contributed by atoms with Crippen molar-refractivity contribution in [2.45, 2.75) is 19.4 Å². The van der Waals surface area contributed by atoms with Crippen LogP contribution in [0.5, 0.6) is 5.75 Å². The normalized spacial score (nSPS) is 20.2. The first-order valence-electron chi connectivity index (χ1n) is 6.82. The van der Waals surface area contributed by atoms with Gasteiger partial charge in [-0.3, -0.25) is 0 Å². The van der Waals surface area contributed by atoms with Crippen LogP contribution in [0.25, 0.3) is 5.69 Å². The van der Waals surface area contributed by atoms with Crippen LogP contribution in [0, 0.1) is 12.8 Å². The number of hydrogen-bond donors (Lipinski definition) is 2. The van der Waals surface area contributed by atoms with Crippen molar-refractivity contribution < 1.29 is 9.84 Å². The summed E-state index contributed by atoms with van der Waals surface area (Å²) in [6, 6.07) is 5.21. The molecule has 0 bridgehead atoms. The van der Waals surface area contributed by atoms with Gasteiger partial charge >= 0.3 is 0 Å². The van der Waals surface area contributed by atoms with Crippen molar-refractivity contribution in [3.05, 3.63) is 42.0 Å². The summed E-state index contributed by atoms with van der Waals surface area (Å²) in [7, 11) is 0. The third-order valence-electron chi connectivity index (χ3n) is 3.92. The third kappa shape index (κ3) is 2.30. The van der Waals surface area contributed by atoms with Gasteiger partial charge in [-0.05, 0) is 37.1 Å². The number of phenols is 1. The first-order valence-corrected chi connectivity index (χ1v) is 6.82. The van der Waals surface area contributed by atoms with Crippen molar-refractivity contribution in [3.63, 3.8) is 0 Å². The number of nitrogens with zero attached hydrogens (tertiary/aromatic N) is 2. The minimum atomic E-state index is -0.0896. The maximum Gasteiger partial charge on any atom is 0.115 e. The molecule has 0 radical (unpaired) electrons. The molecule has 1 aromatic heterocycles. The zero-order valence-corrected chi connectivity index (χ0v) is 11.5. The molecule has 1 aliphatic rings. The van der Waals surface area contributed by atoms with Gasteiger partial charge < -0.3 is 20.1 Å². The summed E-state index contributed by atoms with van der Waals surface area (Å²) >= 11 is 0. The fourth-order valence-corrected chi connectivity index (χ4v) is 2.74. The number of hydrogen-bond acceptors (Lipinski definition) is 4. The Morgan fingerprint density at radius 3 is 3.05 bits per heavy atom. The van der Waals surface area contributed by atoms with Crippen LogP contribution >= 0.6 is 0 Å². The molecular formula is C15H19N3O2. The number of aromatic nitrogens is 2. The molecular weight excluding hydrogens is 254 g/mol. The Hall–Kier alpha value is -1.85. The molecule has 20 heavy (non-hydrogen) atoms. The smallest absolute Gasteiger partial charge is 0.115 e. The maximum absolute atomic E-state index is 9.52. The van der Waals surface area contributed by atoms with E-state index in [1.54, 1.807) is 18.5 Å². The Morgan fingerprint density at radius 2 is 2.35 bits per heavy atom. The van der Waals surface area contributed by atoms with E-state index < -0.39 is 0 Å². The number of nitrogens with two attached hydrogens (primary N) is 1. The molecule has 1 saturated heterocycles. The average Bonchev–Trinajstić information content (AvgIpc) is 3.09. The molecule has 3 rings (SSSR count). The lowest BCUT2D eigenvalue weighted by Crippen LogP contribution is -2.24. The fraction of sp³-hybridized carbons (Fsp3) is 0.400. The summed E-state index contributed by atoms with van der Waals surface area (Å²) < 4.78 is 7.42. The predicted octanol–water partition coefficient (Wildman–Crippen LogP) is 1.92.